The molecule has 2 aliphatic heterocycles. The zero-order valence-corrected chi connectivity index (χ0v) is 22.5. The Labute approximate surface area is 225 Å². The zero-order valence-electron chi connectivity index (χ0n) is 22.5. The molecule has 0 radical (unpaired) electrons. The number of likely N-dealkylation sites (tertiary alicyclic amines) is 1. The summed E-state index contributed by atoms with van der Waals surface area (Å²) >= 11 is 0. The standard InChI is InChI=1S/C30H38N6O2/c1-3-6-29(37)32-25-8-7-22(2)28(19-25)36-16-13-27-23(21-36)20-31-30(34-27)33-24-9-11-26(12-10-24)38-18-17-35-14-4-5-15-35/h7-12,19-20H,3-6,13-18,21H2,1-2H3,(H,32,37)(H,31,33,34). The minimum atomic E-state index is 0.0550. The highest BCUT2D eigenvalue weighted by Gasteiger charge is 2.21. The number of carbonyl (C=O) groups is 1. The Morgan fingerprint density at radius 2 is 1.84 bits per heavy atom. The van der Waals surface area contributed by atoms with Crippen LogP contribution < -0.4 is 20.3 Å². The number of nitrogens with zero attached hydrogens (tertiary/aromatic N) is 4. The third-order valence-electron chi connectivity index (χ3n) is 7.23. The maximum absolute atomic E-state index is 12.1. The van der Waals surface area contributed by atoms with Crippen molar-refractivity contribution in [3.05, 3.63) is 65.5 Å². The van der Waals surface area contributed by atoms with E-state index in [0.717, 1.165) is 73.2 Å². The first-order valence-corrected chi connectivity index (χ1v) is 13.8. The van der Waals surface area contributed by atoms with Crippen LogP contribution >= 0.6 is 0 Å². The minimum Gasteiger partial charge on any atom is -0.492 e. The van der Waals surface area contributed by atoms with Gasteiger partial charge in [0.25, 0.3) is 0 Å². The van der Waals surface area contributed by atoms with Crippen LogP contribution in [0, 0.1) is 6.92 Å². The fraction of sp³-hybridized carbons (Fsp3) is 0.433. The highest BCUT2D eigenvalue weighted by molar-refractivity contribution is 5.91. The van der Waals surface area contributed by atoms with Crippen LogP contribution in [0.2, 0.25) is 0 Å². The zero-order chi connectivity index (χ0) is 26.3. The van der Waals surface area contributed by atoms with Gasteiger partial charge in [-0.3, -0.25) is 9.69 Å². The molecular formula is C30H38N6O2. The van der Waals surface area contributed by atoms with E-state index < -0.39 is 0 Å². The van der Waals surface area contributed by atoms with E-state index in [9.17, 15) is 4.79 Å². The van der Waals surface area contributed by atoms with Crippen LogP contribution in [0.4, 0.5) is 23.0 Å². The average Bonchev–Trinajstić information content (AvgIpc) is 3.44. The van der Waals surface area contributed by atoms with Gasteiger partial charge in [-0.05, 0) is 81.2 Å². The lowest BCUT2D eigenvalue weighted by Gasteiger charge is -2.31. The number of ether oxygens (including phenoxy) is 1. The molecule has 8 nitrogen and oxygen atoms in total. The summed E-state index contributed by atoms with van der Waals surface area (Å²) in [4.78, 5) is 26.3. The smallest absolute Gasteiger partial charge is 0.227 e. The van der Waals surface area contributed by atoms with Crippen LogP contribution in [0.25, 0.3) is 0 Å². The lowest BCUT2D eigenvalue weighted by Crippen LogP contribution is -2.32. The van der Waals surface area contributed by atoms with E-state index in [1.165, 1.54) is 31.5 Å². The molecule has 0 saturated carbocycles. The number of rotatable bonds is 10. The van der Waals surface area contributed by atoms with Crippen molar-refractivity contribution in [3.63, 3.8) is 0 Å². The quantitative estimate of drug-likeness (QED) is 0.380. The largest absolute Gasteiger partial charge is 0.492 e. The maximum Gasteiger partial charge on any atom is 0.227 e. The van der Waals surface area contributed by atoms with Crippen LogP contribution in [-0.2, 0) is 17.8 Å². The Bertz CT molecular complexity index is 1240. The molecule has 8 heteroatoms. The maximum atomic E-state index is 12.1. The molecule has 2 aliphatic rings. The number of anilines is 4. The molecule has 200 valence electrons. The fourth-order valence-electron chi connectivity index (χ4n) is 5.12. The topological polar surface area (TPSA) is 82.6 Å². The first-order valence-electron chi connectivity index (χ1n) is 13.8. The van der Waals surface area contributed by atoms with Crippen molar-refractivity contribution in [2.45, 2.75) is 52.5 Å². The number of hydrogen-bond donors (Lipinski definition) is 2. The number of carbonyl (C=O) groups excluding carboxylic acids is 1. The highest BCUT2D eigenvalue weighted by atomic mass is 16.5. The summed E-state index contributed by atoms with van der Waals surface area (Å²) in [7, 11) is 0. The van der Waals surface area contributed by atoms with Gasteiger partial charge in [-0.2, -0.15) is 0 Å². The first kappa shape index (κ1) is 26.0. The van der Waals surface area contributed by atoms with Crippen LogP contribution in [-0.4, -0.2) is 53.6 Å². The molecule has 1 amide bonds. The molecule has 2 aromatic carbocycles. The van der Waals surface area contributed by atoms with Gasteiger partial charge < -0.3 is 20.3 Å². The molecule has 1 fully saturated rings. The number of aryl methyl sites for hydroxylation is 1. The average molecular weight is 515 g/mol. The molecule has 5 rings (SSSR count). The summed E-state index contributed by atoms with van der Waals surface area (Å²) in [5.74, 6) is 1.54. The predicted octanol–water partition coefficient (Wildman–Crippen LogP) is 5.30. The molecule has 3 aromatic rings. The van der Waals surface area contributed by atoms with Crippen LogP contribution in [0.1, 0.15) is 49.4 Å². The summed E-state index contributed by atoms with van der Waals surface area (Å²) < 4.78 is 5.91. The second-order valence-electron chi connectivity index (χ2n) is 10.2. The molecule has 1 aromatic heterocycles. The van der Waals surface area contributed by atoms with Gasteiger partial charge in [0, 0.05) is 61.3 Å². The molecule has 0 unspecified atom stereocenters. The van der Waals surface area contributed by atoms with Crippen molar-refractivity contribution >= 4 is 28.9 Å². The van der Waals surface area contributed by atoms with Crippen molar-refractivity contribution in [3.8, 4) is 5.75 Å². The monoisotopic (exact) mass is 514 g/mol. The summed E-state index contributed by atoms with van der Waals surface area (Å²) in [6.07, 6.45) is 6.73. The third kappa shape index (κ3) is 6.61. The van der Waals surface area contributed by atoms with Gasteiger partial charge in [0.2, 0.25) is 11.9 Å². The third-order valence-corrected chi connectivity index (χ3v) is 7.23. The van der Waals surface area contributed by atoms with E-state index in [1.807, 2.05) is 43.5 Å². The summed E-state index contributed by atoms with van der Waals surface area (Å²) in [5, 5.41) is 6.35. The Morgan fingerprint density at radius 1 is 1.05 bits per heavy atom. The molecule has 1 saturated heterocycles. The second kappa shape index (κ2) is 12.3. The van der Waals surface area contributed by atoms with E-state index in [2.05, 4.69) is 44.5 Å². The summed E-state index contributed by atoms with van der Waals surface area (Å²) in [5.41, 5.74) is 6.30. The summed E-state index contributed by atoms with van der Waals surface area (Å²) in [6.45, 7) is 9.81. The van der Waals surface area contributed by atoms with Gasteiger partial charge in [0.15, 0.2) is 0 Å². The number of aromatic nitrogens is 2. The lowest BCUT2D eigenvalue weighted by molar-refractivity contribution is -0.116. The van der Waals surface area contributed by atoms with E-state index in [-0.39, 0.29) is 5.91 Å². The fourth-order valence-corrected chi connectivity index (χ4v) is 5.12. The van der Waals surface area contributed by atoms with Crippen LogP contribution in [0.5, 0.6) is 5.75 Å². The lowest BCUT2D eigenvalue weighted by atomic mass is 10.0. The van der Waals surface area contributed by atoms with Crippen molar-refractivity contribution in [2.24, 2.45) is 0 Å². The minimum absolute atomic E-state index is 0.0550. The molecular weight excluding hydrogens is 476 g/mol. The molecule has 2 N–H and O–H groups in total. The molecule has 0 bridgehead atoms. The Balaban J connectivity index is 1.18. The first-order chi connectivity index (χ1) is 18.6. The normalized spacial score (nSPS) is 15.3. The highest BCUT2D eigenvalue weighted by Crippen LogP contribution is 2.29. The number of nitrogens with one attached hydrogen (secondary N) is 2. The molecule has 0 atom stereocenters. The van der Waals surface area contributed by atoms with Gasteiger partial charge in [-0.1, -0.05) is 13.0 Å². The molecule has 38 heavy (non-hydrogen) atoms. The van der Waals surface area contributed by atoms with Gasteiger partial charge in [0.1, 0.15) is 12.4 Å². The van der Waals surface area contributed by atoms with Crippen LogP contribution in [0.3, 0.4) is 0 Å². The van der Waals surface area contributed by atoms with Gasteiger partial charge in [0.05, 0.1) is 5.69 Å². The Morgan fingerprint density at radius 3 is 2.63 bits per heavy atom. The van der Waals surface area contributed by atoms with E-state index >= 15 is 0 Å². The predicted molar refractivity (Wildman–Crippen MR) is 152 cm³/mol. The number of hydrogen-bond acceptors (Lipinski definition) is 7. The number of benzene rings is 2. The molecule has 0 spiro atoms. The van der Waals surface area contributed by atoms with Crippen LogP contribution in [0.15, 0.2) is 48.7 Å². The van der Waals surface area contributed by atoms with Crippen molar-refractivity contribution in [1.29, 1.82) is 0 Å². The molecule has 0 aliphatic carbocycles. The SMILES string of the molecule is CCCC(=O)Nc1ccc(C)c(N2CCc3nc(Nc4ccc(OCCN5CCCC5)cc4)ncc3C2)c1. The van der Waals surface area contributed by atoms with E-state index in [1.54, 1.807) is 0 Å². The summed E-state index contributed by atoms with van der Waals surface area (Å²) in [6, 6.07) is 14.1. The van der Waals surface area contributed by atoms with Crippen molar-refractivity contribution in [2.75, 3.05) is 48.3 Å². The molecule has 3 heterocycles. The van der Waals surface area contributed by atoms with Gasteiger partial charge in [-0.15, -0.1) is 0 Å². The Kier molecular flexibility index (Phi) is 8.38. The van der Waals surface area contributed by atoms with E-state index in [4.69, 9.17) is 9.72 Å². The Hall–Kier alpha value is -3.65. The number of amides is 1. The van der Waals surface area contributed by atoms with E-state index in [0.29, 0.717) is 12.4 Å². The second-order valence-corrected chi connectivity index (χ2v) is 10.2. The van der Waals surface area contributed by atoms with Gasteiger partial charge >= 0.3 is 0 Å². The van der Waals surface area contributed by atoms with Crippen molar-refractivity contribution in [1.82, 2.24) is 14.9 Å². The van der Waals surface area contributed by atoms with Gasteiger partial charge in [-0.25, -0.2) is 9.97 Å². The number of fused-ring (bicyclic) bond motifs is 1. The van der Waals surface area contributed by atoms with Crippen molar-refractivity contribution < 1.29 is 9.53 Å².